The van der Waals surface area contributed by atoms with E-state index >= 15 is 0 Å². The second-order valence-corrected chi connectivity index (χ2v) is 7.49. The fourth-order valence-corrected chi connectivity index (χ4v) is 2.51. The van der Waals surface area contributed by atoms with E-state index in [1.165, 1.54) is 17.0 Å². The molecule has 1 aliphatic rings. The highest BCUT2D eigenvalue weighted by Crippen LogP contribution is 2.23. The summed E-state index contributed by atoms with van der Waals surface area (Å²) in [5, 5.41) is 20.9. The summed E-state index contributed by atoms with van der Waals surface area (Å²) in [5.74, 6) is 4.73. The van der Waals surface area contributed by atoms with Crippen molar-refractivity contribution >= 4 is 17.9 Å². The fourth-order valence-electron chi connectivity index (χ4n) is 2.51. The number of alkyl carbamates (subject to hydrolysis) is 1. The Morgan fingerprint density at radius 3 is 2.72 bits per heavy atom. The van der Waals surface area contributed by atoms with Gasteiger partial charge in [-0.15, -0.1) is 0 Å². The van der Waals surface area contributed by atoms with Crippen LogP contribution in [-0.4, -0.2) is 59.9 Å². The Labute approximate surface area is 168 Å². The number of ether oxygens (including phenoxy) is 2. The topological polar surface area (TPSA) is 108 Å². The number of hydrogen-bond acceptors (Lipinski definition) is 6. The molecule has 0 spiro atoms. The van der Waals surface area contributed by atoms with Crippen molar-refractivity contribution in [1.29, 1.82) is 0 Å². The van der Waals surface area contributed by atoms with Crippen molar-refractivity contribution in [3.8, 4) is 11.8 Å². The first-order valence-corrected chi connectivity index (χ1v) is 9.10. The van der Waals surface area contributed by atoms with Crippen LogP contribution in [0.4, 0.5) is 19.7 Å². The van der Waals surface area contributed by atoms with Crippen LogP contribution in [0.1, 0.15) is 32.8 Å². The molecule has 0 bridgehead atoms. The van der Waals surface area contributed by atoms with E-state index in [2.05, 4.69) is 17.2 Å². The molecule has 1 unspecified atom stereocenters. The lowest BCUT2D eigenvalue weighted by Gasteiger charge is -2.21. The van der Waals surface area contributed by atoms with E-state index in [4.69, 9.17) is 14.6 Å². The molecule has 0 saturated carbocycles. The van der Waals surface area contributed by atoms with Gasteiger partial charge in [0.05, 0.1) is 37.1 Å². The third-order valence-corrected chi connectivity index (χ3v) is 3.85. The minimum Gasteiger partial charge on any atom is -0.444 e. The zero-order chi connectivity index (χ0) is 21.6. The number of halogens is 1. The number of amides is 2. The normalized spacial score (nSPS) is 17.2. The van der Waals surface area contributed by atoms with Crippen molar-refractivity contribution in [2.75, 3.05) is 24.7 Å². The monoisotopic (exact) mass is 408 g/mol. The number of nitrogens with zero attached hydrogens (tertiary/aromatic N) is 1. The highest BCUT2D eigenvalue weighted by molar-refractivity contribution is 5.89. The Bertz CT molecular complexity index is 811. The summed E-state index contributed by atoms with van der Waals surface area (Å²) < 4.78 is 24.4. The molecule has 158 valence electrons. The van der Waals surface area contributed by atoms with Gasteiger partial charge in [0.1, 0.15) is 17.5 Å². The summed E-state index contributed by atoms with van der Waals surface area (Å²) in [6, 6.07) is 3.45. The number of benzene rings is 1. The van der Waals surface area contributed by atoms with Crippen molar-refractivity contribution in [3.63, 3.8) is 0 Å². The molecule has 2 rings (SSSR count). The largest absolute Gasteiger partial charge is 0.444 e. The van der Waals surface area contributed by atoms with E-state index in [1.807, 2.05) is 0 Å². The molecule has 29 heavy (non-hydrogen) atoms. The first-order valence-electron chi connectivity index (χ1n) is 9.10. The van der Waals surface area contributed by atoms with E-state index in [0.29, 0.717) is 5.69 Å². The predicted octanol–water partition coefficient (Wildman–Crippen LogP) is 1.77. The molecule has 9 heteroatoms. The van der Waals surface area contributed by atoms with E-state index in [-0.39, 0.29) is 31.7 Å². The van der Waals surface area contributed by atoms with Gasteiger partial charge < -0.3 is 25.0 Å². The second-order valence-electron chi connectivity index (χ2n) is 7.49. The molecule has 0 aromatic heterocycles. The zero-order valence-electron chi connectivity index (χ0n) is 16.6. The molecule has 1 saturated heterocycles. The van der Waals surface area contributed by atoms with Crippen LogP contribution in [0.5, 0.6) is 0 Å². The molecule has 1 fully saturated rings. The van der Waals surface area contributed by atoms with Crippen LogP contribution in [0, 0.1) is 17.7 Å². The standard InChI is InChI=1S/C20H25FN2O6/c1-20(2,3)29-18(26)22-14(11-24)6-4-5-13-7-8-15(9-17(13)21)23-10-16(12-25)28-19(23)27/h7-9,14,16,24-25H,6,10-12H2,1-3H3,(H,22,26)/t14?,16-/m1/s1. The van der Waals surface area contributed by atoms with Gasteiger partial charge in [0.15, 0.2) is 0 Å². The van der Waals surface area contributed by atoms with Crippen molar-refractivity contribution in [2.45, 2.75) is 44.9 Å². The van der Waals surface area contributed by atoms with Gasteiger partial charge >= 0.3 is 12.2 Å². The van der Waals surface area contributed by atoms with Crippen LogP contribution in [0.25, 0.3) is 0 Å². The van der Waals surface area contributed by atoms with E-state index in [0.717, 1.165) is 6.07 Å². The third kappa shape index (κ3) is 6.62. The van der Waals surface area contributed by atoms with Crippen molar-refractivity contribution < 1.29 is 33.7 Å². The van der Waals surface area contributed by atoms with Crippen LogP contribution in [0.15, 0.2) is 18.2 Å². The quantitative estimate of drug-likeness (QED) is 0.641. The minimum absolute atomic E-state index is 0.0908. The minimum atomic E-state index is -0.674. The van der Waals surface area contributed by atoms with Gasteiger partial charge in [-0.05, 0) is 39.0 Å². The summed E-state index contributed by atoms with van der Waals surface area (Å²) in [4.78, 5) is 24.7. The number of carbonyl (C=O) groups excluding carboxylic acids is 2. The van der Waals surface area contributed by atoms with Gasteiger partial charge in [-0.3, -0.25) is 4.90 Å². The fraction of sp³-hybridized carbons (Fsp3) is 0.500. The molecule has 0 aliphatic carbocycles. The molecule has 0 radical (unpaired) electrons. The number of hydrogen-bond donors (Lipinski definition) is 3. The van der Waals surface area contributed by atoms with Gasteiger partial charge in [-0.1, -0.05) is 11.8 Å². The molecule has 1 heterocycles. The lowest BCUT2D eigenvalue weighted by molar-refractivity contribution is 0.0484. The molecule has 1 aromatic rings. The predicted molar refractivity (Wildman–Crippen MR) is 103 cm³/mol. The summed E-state index contributed by atoms with van der Waals surface area (Å²) >= 11 is 0. The molecule has 2 amide bonds. The lowest BCUT2D eigenvalue weighted by atomic mass is 10.1. The summed E-state index contributed by atoms with van der Waals surface area (Å²) in [6.07, 6.45) is -1.88. The molecule has 1 aliphatic heterocycles. The molecule has 1 aromatic carbocycles. The van der Waals surface area contributed by atoms with Crippen LogP contribution < -0.4 is 10.2 Å². The number of rotatable bonds is 5. The second kappa shape index (κ2) is 9.58. The lowest BCUT2D eigenvalue weighted by Crippen LogP contribution is -2.40. The van der Waals surface area contributed by atoms with Crippen molar-refractivity contribution in [2.24, 2.45) is 0 Å². The average molecular weight is 408 g/mol. The summed E-state index contributed by atoms with van der Waals surface area (Å²) in [5.41, 5.74) is -0.262. The van der Waals surface area contributed by atoms with Crippen molar-refractivity contribution in [1.82, 2.24) is 5.32 Å². The molecule has 8 nitrogen and oxygen atoms in total. The molecule has 3 N–H and O–H groups in total. The molecular weight excluding hydrogens is 383 g/mol. The van der Waals surface area contributed by atoms with E-state index in [9.17, 15) is 19.1 Å². The number of carbonyl (C=O) groups is 2. The van der Waals surface area contributed by atoms with Crippen LogP contribution in [0.3, 0.4) is 0 Å². The van der Waals surface area contributed by atoms with Gasteiger partial charge in [0.2, 0.25) is 0 Å². The Kier molecular flexibility index (Phi) is 7.42. The van der Waals surface area contributed by atoms with Gasteiger partial charge in [0.25, 0.3) is 0 Å². The Balaban J connectivity index is 1.99. The highest BCUT2D eigenvalue weighted by Gasteiger charge is 2.32. The van der Waals surface area contributed by atoms with Gasteiger partial charge in [-0.25, -0.2) is 14.0 Å². The first kappa shape index (κ1) is 22.5. The number of cyclic esters (lactones) is 1. The zero-order valence-corrected chi connectivity index (χ0v) is 16.6. The summed E-state index contributed by atoms with van der Waals surface area (Å²) in [7, 11) is 0. The van der Waals surface area contributed by atoms with E-state index < -0.39 is 35.8 Å². The van der Waals surface area contributed by atoms with Crippen molar-refractivity contribution in [3.05, 3.63) is 29.6 Å². The summed E-state index contributed by atoms with van der Waals surface area (Å²) in [6.45, 7) is 4.64. The van der Waals surface area contributed by atoms with Crippen LogP contribution >= 0.6 is 0 Å². The van der Waals surface area contributed by atoms with Crippen LogP contribution in [0.2, 0.25) is 0 Å². The van der Waals surface area contributed by atoms with E-state index in [1.54, 1.807) is 20.8 Å². The number of aliphatic hydroxyl groups excluding tert-OH is 2. The number of nitrogens with one attached hydrogen (secondary N) is 1. The third-order valence-electron chi connectivity index (χ3n) is 3.85. The Morgan fingerprint density at radius 2 is 2.17 bits per heavy atom. The smallest absolute Gasteiger partial charge is 0.414 e. The number of anilines is 1. The maximum absolute atomic E-state index is 14.3. The maximum Gasteiger partial charge on any atom is 0.414 e. The van der Waals surface area contributed by atoms with Crippen LogP contribution in [-0.2, 0) is 9.47 Å². The van der Waals surface area contributed by atoms with Gasteiger partial charge in [-0.2, -0.15) is 0 Å². The SMILES string of the molecule is CC(C)(C)OC(=O)NC(CO)CC#Cc1ccc(N2C[C@H](CO)OC2=O)cc1F. The van der Waals surface area contributed by atoms with Gasteiger partial charge in [0, 0.05) is 6.42 Å². The maximum atomic E-state index is 14.3. The highest BCUT2D eigenvalue weighted by atomic mass is 19.1. The Morgan fingerprint density at radius 1 is 1.45 bits per heavy atom. The Hall–Kier alpha value is -2.83. The first-order chi connectivity index (χ1) is 13.6. The molecular formula is C20H25FN2O6. The molecule has 2 atom stereocenters. The number of aliphatic hydroxyl groups is 2. The average Bonchev–Trinajstić information content (AvgIpc) is 3.01.